The van der Waals surface area contributed by atoms with Gasteiger partial charge in [-0.3, -0.25) is 4.79 Å². The predicted molar refractivity (Wildman–Crippen MR) is 66.5 cm³/mol. The largest absolute Gasteiger partial charge is 0.352 e. The van der Waals surface area contributed by atoms with Crippen LogP contribution in [0.15, 0.2) is 0 Å². The third-order valence-electron chi connectivity index (χ3n) is 4.38. The lowest BCUT2D eigenvalue weighted by Gasteiger charge is -2.32. The third-order valence-corrected chi connectivity index (χ3v) is 4.38. The van der Waals surface area contributed by atoms with E-state index in [1.54, 1.807) is 0 Å². The van der Waals surface area contributed by atoms with Gasteiger partial charge in [0, 0.05) is 25.7 Å². The number of hydrogen-bond acceptors (Lipinski definition) is 3. The molecule has 4 nitrogen and oxygen atoms in total. The summed E-state index contributed by atoms with van der Waals surface area (Å²) in [5.41, 5.74) is 5.38. The van der Waals surface area contributed by atoms with Crippen molar-refractivity contribution in [3.05, 3.63) is 0 Å². The van der Waals surface area contributed by atoms with Crippen molar-refractivity contribution >= 4 is 5.91 Å². The lowest BCUT2D eigenvalue weighted by molar-refractivity contribution is -0.124. The zero-order valence-electron chi connectivity index (χ0n) is 10.5. The fourth-order valence-corrected chi connectivity index (χ4v) is 2.62. The molecule has 1 saturated heterocycles. The molecule has 0 spiro atoms. The number of piperidine rings is 1. The molecule has 0 aromatic rings. The van der Waals surface area contributed by atoms with Gasteiger partial charge in [-0.05, 0) is 44.4 Å². The van der Waals surface area contributed by atoms with Crippen molar-refractivity contribution in [1.29, 1.82) is 0 Å². The highest BCUT2D eigenvalue weighted by atomic mass is 16.2. The Balaban J connectivity index is 1.40. The first-order valence-corrected chi connectivity index (χ1v) is 6.98. The van der Waals surface area contributed by atoms with E-state index in [2.05, 4.69) is 10.2 Å². The van der Waals surface area contributed by atoms with Gasteiger partial charge in [0.15, 0.2) is 0 Å². The maximum absolute atomic E-state index is 11.8. The Kier molecular flexibility index (Phi) is 2.87. The molecular formula is C13H23N3O. The molecule has 0 radical (unpaired) electrons. The molecule has 1 amide bonds. The van der Waals surface area contributed by atoms with Crippen molar-refractivity contribution < 1.29 is 4.79 Å². The van der Waals surface area contributed by atoms with Crippen molar-refractivity contribution in [2.75, 3.05) is 19.6 Å². The highest BCUT2D eigenvalue weighted by Gasteiger charge is 2.46. The van der Waals surface area contributed by atoms with E-state index in [4.69, 9.17) is 5.73 Å². The Bertz CT molecular complexity index is 302. The Morgan fingerprint density at radius 3 is 2.41 bits per heavy atom. The first-order chi connectivity index (χ1) is 8.16. The summed E-state index contributed by atoms with van der Waals surface area (Å²) in [4.78, 5) is 14.4. The number of amides is 1. The van der Waals surface area contributed by atoms with Crippen LogP contribution in [-0.4, -0.2) is 42.0 Å². The standard InChI is InChI=1S/C13H23N3O/c14-13(5-6-13)12(17)15-11-3-7-16(8-4-11)9-10-1-2-10/h10-11H,1-9,14H2,(H,15,17). The zero-order chi connectivity index (χ0) is 11.9. The van der Waals surface area contributed by atoms with Crippen molar-refractivity contribution in [3.63, 3.8) is 0 Å². The van der Waals surface area contributed by atoms with Crippen LogP contribution < -0.4 is 11.1 Å². The smallest absolute Gasteiger partial charge is 0.240 e. The summed E-state index contributed by atoms with van der Waals surface area (Å²) in [6.45, 7) is 3.56. The minimum Gasteiger partial charge on any atom is -0.352 e. The third kappa shape index (κ3) is 2.80. The SMILES string of the molecule is NC1(C(=O)NC2CCN(CC3CC3)CC2)CC1. The van der Waals surface area contributed by atoms with Gasteiger partial charge in [0.2, 0.25) is 5.91 Å². The minimum absolute atomic E-state index is 0.0816. The number of hydrogen-bond donors (Lipinski definition) is 2. The van der Waals surface area contributed by atoms with Crippen LogP contribution in [0.2, 0.25) is 0 Å². The Hall–Kier alpha value is -0.610. The minimum atomic E-state index is -0.509. The van der Waals surface area contributed by atoms with Gasteiger partial charge in [-0.25, -0.2) is 0 Å². The summed E-state index contributed by atoms with van der Waals surface area (Å²) < 4.78 is 0. The lowest BCUT2D eigenvalue weighted by atomic mass is 10.0. The van der Waals surface area contributed by atoms with E-state index in [1.165, 1.54) is 19.4 Å². The number of nitrogens with zero attached hydrogens (tertiary/aromatic N) is 1. The molecule has 3 rings (SSSR count). The molecule has 4 heteroatoms. The average Bonchev–Trinajstić information content (AvgIpc) is 3.20. The second kappa shape index (κ2) is 4.25. The van der Waals surface area contributed by atoms with Crippen molar-refractivity contribution in [3.8, 4) is 0 Å². The predicted octanol–water partition coefficient (Wildman–Crippen LogP) is 0.468. The maximum atomic E-state index is 11.8. The molecule has 17 heavy (non-hydrogen) atoms. The molecule has 0 aromatic carbocycles. The molecule has 0 atom stereocenters. The van der Waals surface area contributed by atoms with Crippen LogP contribution in [0.4, 0.5) is 0 Å². The normalized spacial score (nSPS) is 29.0. The number of nitrogens with one attached hydrogen (secondary N) is 1. The van der Waals surface area contributed by atoms with E-state index >= 15 is 0 Å². The quantitative estimate of drug-likeness (QED) is 0.747. The molecule has 2 aliphatic carbocycles. The molecule has 0 unspecified atom stereocenters. The second-order valence-corrected chi connectivity index (χ2v) is 6.15. The summed E-state index contributed by atoms with van der Waals surface area (Å²) in [6.07, 6.45) is 6.75. The average molecular weight is 237 g/mol. The summed E-state index contributed by atoms with van der Waals surface area (Å²) >= 11 is 0. The van der Waals surface area contributed by atoms with E-state index in [1.807, 2.05) is 0 Å². The molecule has 3 aliphatic rings. The number of nitrogens with two attached hydrogens (primary N) is 1. The van der Waals surface area contributed by atoms with E-state index in [0.717, 1.165) is 44.7 Å². The molecule has 1 aliphatic heterocycles. The van der Waals surface area contributed by atoms with Crippen molar-refractivity contribution in [1.82, 2.24) is 10.2 Å². The van der Waals surface area contributed by atoms with Crippen molar-refractivity contribution in [2.45, 2.75) is 50.1 Å². The summed E-state index contributed by atoms with van der Waals surface area (Å²) in [6, 6.07) is 0.360. The van der Waals surface area contributed by atoms with Gasteiger partial charge in [-0.2, -0.15) is 0 Å². The zero-order valence-corrected chi connectivity index (χ0v) is 10.5. The molecule has 2 saturated carbocycles. The molecule has 3 N–H and O–H groups in total. The van der Waals surface area contributed by atoms with Crippen LogP contribution in [0.3, 0.4) is 0 Å². The fourth-order valence-electron chi connectivity index (χ4n) is 2.62. The summed E-state index contributed by atoms with van der Waals surface area (Å²) in [7, 11) is 0. The Morgan fingerprint density at radius 2 is 1.88 bits per heavy atom. The number of rotatable bonds is 4. The van der Waals surface area contributed by atoms with Gasteiger partial charge in [-0.15, -0.1) is 0 Å². The second-order valence-electron chi connectivity index (χ2n) is 6.15. The van der Waals surface area contributed by atoms with Crippen LogP contribution in [0, 0.1) is 5.92 Å². The van der Waals surface area contributed by atoms with Gasteiger partial charge in [0.05, 0.1) is 5.54 Å². The van der Waals surface area contributed by atoms with Gasteiger partial charge >= 0.3 is 0 Å². The molecule has 0 aromatic heterocycles. The van der Waals surface area contributed by atoms with Gasteiger partial charge in [0.1, 0.15) is 0 Å². The first kappa shape index (κ1) is 11.5. The first-order valence-electron chi connectivity index (χ1n) is 6.98. The van der Waals surface area contributed by atoms with E-state index in [-0.39, 0.29) is 5.91 Å². The highest BCUT2D eigenvalue weighted by molar-refractivity contribution is 5.89. The van der Waals surface area contributed by atoms with Gasteiger partial charge in [0.25, 0.3) is 0 Å². The van der Waals surface area contributed by atoms with Crippen LogP contribution in [0.1, 0.15) is 38.5 Å². The maximum Gasteiger partial charge on any atom is 0.240 e. The van der Waals surface area contributed by atoms with E-state index in [9.17, 15) is 4.79 Å². The highest BCUT2D eigenvalue weighted by Crippen LogP contribution is 2.33. The number of carbonyl (C=O) groups excluding carboxylic acids is 1. The number of likely N-dealkylation sites (tertiary alicyclic amines) is 1. The lowest BCUT2D eigenvalue weighted by Crippen LogP contribution is -2.50. The molecule has 0 bridgehead atoms. The van der Waals surface area contributed by atoms with E-state index < -0.39 is 5.54 Å². The van der Waals surface area contributed by atoms with Crippen LogP contribution in [0.25, 0.3) is 0 Å². The van der Waals surface area contributed by atoms with E-state index in [0.29, 0.717) is 6.04 Å². The van der Waals surface area contributed by atoms with Gasteiger partial charge in [-0.1, -0.05) is 0 Å². The van der Waals surface area contributed by atoms with Crippen LogP contribution in [0.5, 0.6) is 0 Å². The molecular weight excluding hydrogens is 214 g/mol. The fraction of sp³-hybridized carbons (Fsp3) is 0.923. The summed E-state index contributed by atoms with van der Waals surface area (Å²) in [5.74, 6) is 1.05. The number of carbonyl (C=O) groups is 1. The Labute approximate surface area is 103 Å². The molecule has 96 valence electrons. The molecule has 1 heterocycles. The summed E-state index contributed by atoms with van der Waals surface area (Å²) in [5, 5.41) is 3.12. The van der Waals surface area contributed by atoms with Gasteiger partial charge < -0.3 is 16.0 Å². The van der Waals surface area contributed by atoms with Crippen LogP contribution >= 0.6 is 0 Å². The topological polar surface area (TPSA) is 58.4 Å². The monoisotopic (exact) mass is 237 g/mol. The van der Waals surface area contributed by atoms with Crippen LogP contribution in [-0.2, 0) is 4.79 Å². The van der Waals surface area contributed by atoms with Crippen molar-refractivity contribution in [2.24, 2.45) is 11.7 Å². The molecule has 3 fully saturated rings. The Morgan fingerprint density at radius 1 is 1.24 bits per heavy atom.